The van der Waals surface area contributed by atoms with Gasteiger partial charge in [-0.25, -0.2) is 4.68 Å². The maximum absolute atomic E-state index is 11.4. The summed E-state index contributed by atoms with van der Waals surface area (Å²) in [5.74, 6) is 1.67. The van der Waals surface area contributed by atoms with Gasteiger partial charge in [0.15, 0.2) is 11.6 Å². The van der Waals surface area contributed by atoms with E-state index in [1.807, 2.05) is 0 Å². The molecular formula is C17H14ClN5O3. The molecule has 0 saturated heterocycles. The lowest BCUT2D eigenvalue weighted by molar-refractivity contribution is -0.385. The molecule has 0 saturated carbocycles. The Balaban J connectivity index is 1.92. The fourth-order valence-electron chi connectivity index (χ4n) is 2.24. The van der Waals surface area contributed by atoms with Gasteiger partial charge in [-0.2, -0.15) is 5.10 Å². The highest BCUT2D eigenvalue weighted by atomic mass is 35.5. The summed E-state index contributed by atoms with van der Waals surface area (Å²) in [6.07, 6.45) is 1.50. The van der Waals surface area contributed by atoms with Crippen molar-refractivity contribution < 1.29 is 9.66 Å². The number of nitro groups is 1. The summed E-state index contributed by atoms with van der Waals surface area (Å²) < 4.78 is 7.14. The first kappa shape index (κ1) is 17.6. The third-order valence-corrected chi connectivity index (χ3v) is 3.82. The highest BCUT2D eigenvalue weighted by Gasteiger charge is 2.17. The van der Waals surface area contributed by atoms with Gasteiger partial charge < -0.3 is 4.74 Å². The molecule has 0 radical (unpaired) electrons. The number of hydrogen-bond acceptors (Lipinski definition) is 6. The first-order valence-corrected chi connectivity index (χ1v) is 7.97. The Hall–Kier alpha value is -3.26. The second-order valence-electron chi connectivity index (χ2n) is 5.37. The van der Waals surface area contributed by atoms with E-state index in [1.54, 1.807) is 48.9 Å². The van der Waals surface area contributed by atoms with Gasteiger partial charge in [-0.3, -0.25) is 10.1 Å². The lowest BCUT2D eigenvalue weighted by atomic mass is 10.2. The monoisotopic (exact) mass is 371 g/mol. The zero-order chi connectivity index (χ0) is 18.7. The number of aryl methyl sites for hydroxylation is 2. The molecule has 0 aliphatic rings. The SMILES string of the molecule is Cc1nnc(C)n1/N=C/c1ccc(Oc2ccccc2Cl)c([N+](=O)[O-])c1. The molecule has 26 heavy (non-hydrogen) atoms. The number of ether oxygens (including phenoxy) is 1. The summed E-state index contributed by atoms with van der Waals surface area (Å²) in [6, 6.07) is 11.3. The molecule has 0 aliphatic heterocycles. The highest BCUT2D eigenvalue weighted by molar-refractivity contribution is 6.32. The molecule has 8 nitrogen and oxygen atoms in total. The van der Waals surface area contributed by atoms with Crippen molar-refractivity contribution >= 4 is 23.5 Å². The quantitative estimate of drug-likeness (QED) is 0.381. The standard InChI is InChI=1S/C17H14ClN5O3/c1-11-20-21-12(2)22(11)19-10-13-7-8-17(15(9-13)23(24)25)26-16-6-4-3-5-14(16)18/h3-10H,1-2H3/b19-10+. The van der Waals surface area contributed by atoms with Gasteiger partial charge in [-0.15, -0.1) is 10.2 Å². The number of halogens is 1. The largest absolute Gasteiger partial charge is 0.449 e. The summed E-state index contributed by atoms with van der Waals surface area (Å²) in [4.78, 5) is 10.9. The van der Waals surface area contributed by atoms with Gasteiger partial charge in [0.2, 0.25) is 5.75 Å². The van der Waals surface area contributed by atoms with Crippen LogP contribution in [0.15, 0.2) is 47.6 Å². The first-order chi connectivity index (χ1) is 12.5. The molecule has 0 N–H and O–H groups in total. The van der Waals surface area contributed by atoms with E-state index in [1.165, 1.54) is 18.3 Å². The van der Waals surface area contributed by atoms with Crippen LogP contribution < -0.4 is 4.74 Å². The molecule has 0 unspecified atom stereocenters. The van der Waals surface area contributed by atoms with Crippen molar-refractivity contribution in [1.82, 2.24) is 14.9 Å². The van der Waals surface area contributed by atoms with Gasteiger partial charge in [-0.05, 0) is 38.1 Å². The summed E-state index contributed by atoms with van der Waals surface area (Å²) in [5.41, 5.74) is 0.349. The van der Waals surface area contributed by atoms with Gasteiger partial charge in [0, 0.05) is 11.6 Å². The van der Waals surface area contributed by atoms with E-state index in [2.05, 4.69) is 15.3 Å². The summed E-state index contributed by atoms with van der Waals surface area (Å²) in [5, 5.41) is 23.8. The van der Waals surface area contributed by atoms with Gasteiger partial charge >= 0.3 is 5.69 Å². The minimum absolute atomic E-state index is 0.0944. The lowest BCUT2D eigenvalue weighted by Gasteiger charge is -2.08. The summed E-state index contributed by atoms with van der Waals surface area (Å²) >= 11 is 6.04. The van der Waals surface area contributed by atoms with Crippen LogP contribution in [0.1, 0.15) is 17.2 Å². The number of nitro benzene ring substituents is 1. The average Bonchev–Trinajstić information content (AvgIpc) is 2.94. The van der Waals surface area contributed by atoms with E-state index in [-0.39, 0.29) is 11.4 Å². The van der Waals surface area contributed by atoms with Gasteiger partial charge in [0.1, 0.15) is 5.75 Å². The second kappa shape index (κ2) is 7.32. The molecule has 0 amide bonds. The second-order valence-corrected chi connectivity index (χ2v) is 5.77. The zero-order valence-electron chi connectivity index (χ0n) is 14.0. The van der Waals surface area contributed by atoms with E-state index in [0.717, 1.165) is 0 Å². The molecule has 3 rings (SSSR count). The third-order valence-electron chi connectivity index (χ3n) is 3.51. The fourth-order valence-corrected chi connectivity index (χ4v) is 2.42. The molecule has 0 bridgehead atoms. The van der Waals surface area contributed by atoms with Gasteiger partial charge in [0.05, 0.1) is 16.2 Å². The van der Waals surface area contributed by atoms with Crippen molar-refractivity contribution in [3.8, 4) is 11.5 Å². The van der Waals surface area contributed by atoms with E-state index < -0.39 is 4.92 Å². The van der Waals surface area contributed by atoms with Crippen LogP contribution in [0.5, 0.6) is 11.5 Å². The highest BCUT2D eigenvalue weighted by Crippen LogP contribution is 2.35. The number of nitrogens with zero attached hydrogens (tertiary/aromatic N) is 5. The summed E-state index contributed by atoms with van der Waals surface area (Å²) in [7, 11) is 0. The maximum Gasteiger partial charge on any atom is 0.312 e. The molecule has 2 aromatic carbocycles. The summed E-state index contributed by atoms with van der Waals surface area (Å²) in [6.45, 7) is 3.53. The van der Waals surface area contributed by atoms with Crippen molar-refractivity contribution in [2.75, 3.05) is 0 Å². The minimum Gasteiger partial charge on any atom is -0.449 e. The molecule has 1 aromatic heterocycles. The Morgan fingerprint density at radius 3 is 2.50 bits per heavy atom. The average molecular weight is 372 g/mol. The van der Waals surface area contributed by atoms with Gasteiger partial charge in [0.25, 0.3) is 0 Å². The maximum atomic E-state index is 11.4. The topological polar surface area (TPSA) is 95.4 Å². The Bertz CT molecular complexity index is 980. The van der Waals surface area contributed by atoms with Crippen LogP contribution in [-0.2, 0) is 0 Å². The van der Waals surface area contributed by atoms with Crippen LogP contribution in [0, 0.1) is 24.0 Å². The van der Waals surface area contributed by atoms with E-state index in [9.17, 15) is 10.1 Å². The predicted octanol–water partition coefficient (Wildman–Crippen LogP) is 4.13. The molecule has 3 aromatic rings. The zero-order valence-corrected chi connectivity index (χ0v) is 14.7. The van der Waals surface area contributed by atoms with Crippen LogP contribution in [-0.4, -0.2) is 26.0 Å². The predicted molar refractivity (Wildman–Crippen MR) is 97.1 cm³/mol. The third kappa shape index (κ3) is 3.70. The molecule has 0 atom stereocenters. The van der Waals surface area contributed by atoms with Crippen LogP contribution in [0.25, 0.3) is 0 Å². The van der Waals surface area contributed by atoms with Crippen LogP contribution in [0.2, 0.25) is 5.02 Å². The fraction of sp³-hybridized carbons (Fsp3) is 0.118. The van der Waals surface area contributed by atoms with E-state index >= 15 is 0 Å². The van der Waals surface area contributed by atoms with Crippen molar-refractivity contribution in [3.05, 3.63) is 74.8 Å². The Labute approximate surface area is 153 Å². The molecule has 0 spiro atoms. The van der Waals surface area contributed by atoms with Crippen molar-refractivity contribution in [2.24, 2.45) is 5.10 Å². The molecule has 0 aliphatic carbocycles. The minimum atomic E-state index is -0.515. The van der Waals surface area contributed by atoms with Crippen molar-refractivity contribution in [2.45, 2.75) is 13.8 Å². The molecule has 0 fully saturated rings. The van der Waals surface area contributed by atoms with Crippen molar-refractivity contribution in [1.29, 1.82) is 0 Å². The molecular weight excluding hydrogens is 358 g/mol. The van der Waals surface area contributed by atoms with Crippen molar-refractivity contribution in [3.63, 3.8) is 0 Å². The molecule has 132 valence electrons. The van der Waals surface area contributed by atoms with Gasteiger partial charge in [-0.1, -0.05) is 23.7 Å². The van der Waals surface area contributed by atoms with Crippen LogP contribution >= 0.6 is 11.6 Å². The molecule has 9 heteroatoms. The Morgan fingerprint density at radius 1 is 1.15 bits per heavy atom. The molecule has 1 heterocycles. The van der Waals surface area contributed by atoms with E-state index in [0.29, 0.717) is 28.0 Å². The number of aromatic nitrogens is 3. The number of rotatable bonds is 5. The van der Waals surface area contributed by atoms with E-state index in [4.69, 9.17) is 16.3 Å². The normalized spacial score (nSPS) is 11.0. The Morgan fingerprint density at radius 2 is 1.85 bits per heavy atom. The van der Waals surface area contributed by atoms with Crippen LogP contribution in [0.3, 0.4) is 0 Å². The smallest absolute Gasteiger partial charge is 0.312 e. The number of para-hydroxylation sites is 1. The van der Waals surface area contributed by atoms with Crippen LogP contribution in [0.4, 0.5) is 5.69 Å². The first-order valence-electron chi connectivity index (χ1n) is 7.59. The number of hydrogen-bond donors (Lipinski definition) is 0. The lowest BCUT2D eigenvalue weighted by Crippen LogP contribution is -1.98. The Kier molecular flexibility index (Phi) is 4.94. The number of benzene rings is 2.